The molecule has 16 heavy (non-hydrogen) atoms. The topological polar surface area (TPSA) is 29.5 Å². The molecule has 0 aliphatic carbocycles. The van der Waals surface area contributed by atoms with Gasteiger partial charge in [-0.3, -0.25) is 4.79 Å². The van der Waals surface area contributed by atoms with Gasteiger partial charge in [0, 0.05) is 5.75 Å². The fourth-order valence-corrected chi connectivity index (χ4v) is 2.65. The Morgan fingerprint density at radius 3 is 2.75 bits per heavy atom. The van der Waals surface area contributed by atoms with E-state index < -0.39 is 10.6 Å². The van der Waals surface area contributed by atoms with Gasteiger partial charge in [0.2, 0.25) is 0 Å². The maximum absolute atomic E-state index is 11.8. The number of rotatable bonds is 4. The molecule has 1 amide bonds. The van der Waals surface area contributed by atoms with Crippen molar-refractivity contribution in [2.45, 2.75) is 37.4 Å². The zero-order chi connectivity index (χ0) is 12.3. The lowest BCUT2D eigenvalue weighted by molar-refractivity contribution is -0.143. The number of nitrogens with zero attached hydrogens (tertiary/aromatic N) is 1. The Morgan fingerprint density at radius 2 is 2.25 bits per heavy atom. The van der Waals surface area contributed by atoms with Crippen LogP contribution in [0.25, 0.3) is 0 Å². The molecule has 0 spiro atoms. The fourth-order valence-electron chi connectivity index (χ4n) is 1.74. The Labute approximate surface area is 111 Å². The quantitative estimate of drug-likeness (QED) is 0.744. The van der Waals surface area contributed by atoms with Gasteiger partial charge in [0.25, 0.3) is 5.91 Å². The number of ether oxygens (including phenoxy) is 1. The van der Waals surface area contributed by atoms with Crippen molar-refractivity contribution in [3.05, 3.63) is 0 Å². The van der Waals surface area contributed by atoms with E-state index in [0.29, 0.717) is 6.54 Å². The summed E-state index contributed by atoms with van der Waals surface area (Å²) in [6.07, 6.45) is 0.0657. The van der Waals surface area contributed by atoms with Crippen molar-refractivity contribution in [3.63, 3.8) is 0 Å². The molecule has 1 saturated heterocycles. The fraction of sp³-hybridized carbons (Fsp3) is 0.900. The van der Waals surface area contributed by atoms with Crippen molar-refractivity contribution in [2.24, 2.45) is 0 Å². The number of carbonyl (C=O) groups is 1. The molecule has 0 bridgehead atoms. The smallest absolute Gasteiger partial charge is 0.258 e. The van der Waals surface area contributed by atoms with Gasteiger partial charge in [-0.1, -0.05) is 30.1 Å². The van der Waals surface area contributed by atoms with Crippen molar-refractivity contribution < 1.29 is 9.53 Å². The molecule has 1 atom stereocenters. The lowest BCUT2D eigenvalue weighted by Gasteiger charge is -2.30. The molecule has 0 saturated carbocycles. The van der Waals surface area contributed by atoms with Gasteiger partial charge >= 0.3 is 0 Å². The maximum atomic E-state index is 11.8. The van der Waals surface area contributed by atoms with Crippen LogP contribution in [0.15, 0.2) is 0 Å². The second-order valence-corrected chi connectivity index (χ2v) is 6.51. The van der Waals surface area contributed by atoms with E-state index >= 15 is 0 Å². The number of halogens is 2. The Bertz CT molecular complexity index is 261. The summed E-state index contributed by atoms with van der Waals surface area (Å²) in [5.41, 5.74) is -0.613. The number of thioether (sulfide) groups is 1. The highest BCUT2D eigenvalue weighted by Gasteiger charge is 2.43. The van der Waals surface area contributed by atoms with Gasteiger partial charge in [0.05, 0.1) is 12.6 Å². The molecular weight excluding hydrogens is 269 g/mol. The van der Waals surface area contributed by atoms with Crippen LogP contribution in [-0.4, -0.2) is 45.5 Å². The van der Waals surface area contributed by atoms with Crippen molar-refractivity contribution in [1.29, 1.82) is 0 Å². The molecule has 94 valence electrons. The van der Waals surface area contributed by atoms with Gasteiger partial charge in [-0.25, -0.2) is 0 Å². The Morgan fingerprint density at radius 1 is 1.62 bits per heavy atom. The van der Waals surface area contributed by atoms with E-state index in [1.807, 2.05) is 13.8 Å². The number of hydrogen-bond acceptors (Lipinski definition) is 3. The summed E-state index contributed by atoms with van der Waals surface area (Å²) in [6.45, 7) is 6.38. The average molecular weight is 286 g/mol. The number of hydrogen-bond donors (Lipinski definition) is 0. The van der Waals surface area contributed by atoms with Crippen LogP contribution in [0.4, 0.5) is 0 Å². The van der Waals surface area contributed by atoms with Crippen LogP contribution in [0.5, 0.6) is 0 Å². The van der Waals surface area contributed by atoms with Gasteiger partial charge < -0.3 is 9.64 Å². The third kappa shape index (κ3) is 3.42. The Kier molecular flexibility index (Phi) is 5.23. The number of alkyl halides is 2. The molecule has 1 rings (SSSR count). The van der Waals surface area contributed by atoms with E-state index in [-0.39, 0.29) is 12.0 Å². The molecule has 1 aliphatic heterocycles. The van der Waals surface area contributed by atoms with Gasteiger partial charge in [-0.05, 0) is 19.6 Å². The van der Waals surface area contributed by atoms with E-state index in [4.69, 9.17) is 27.9 Å². The maximum Gasteiger partial charge on any atom is 0.258 e. The summed E-state index contributed by atoms with van der Waals surface area (Å²) in [7, 11) is 0. The van der Waals surface area contributed by atoms with Gasteiger partial charge in [0.15, 0.2) is 4.84 Å². The lowest BCUT2D eigenvalue weighted by atomic mass is 10.2. The summed E-state index contributed by atoms with van der Waals surface area (Å²) in [6, 6.07) is 0. The van der Waals surface area contributed by atoms with Crippen LogP contribution in [0.2, 0.25) is 0 Å². The number of carbonyl (C=O) groups excluding carboxylic acids is 1. The van der Waals surface area contributed by atoms with E-state index in [0.717, 1.165) is 11.5 Å². The van der Waals surface area contributed by atoms with Gasteiger partial charge in [-0.15, -0.1) is 0 Å². The highest BCUT2D eigenvalue weighted by atomic mass is 35.5. The zero-order valence-electron chi connectivity index (χ0n) is 9.70. The summed E-state index contributed by atoms with van der Waals surface area (Å²) < 4.78 is 5.80. The third-order valence-corrected chi connectivity index (χ3v) is 3.84. The Balaban J connectivity index is 2.62. The van der Waals surface area contributed by atoms with Crippen LogP contribution in [0.1, 0.15) is 20.8 Å². The minimum Gasteiger partial charge on any atom is -0.350 e. The van der Waals surface area contributed by atoms with Crippen LogP contribution < -0.4 is 0 Å². The SMILES string of the molecule is CCSCC1CN(C(=O)C(Cl)Cl)C(C)(C)O1. The highest BCUT2D eigenvalue weighted by molar-refractivity contribution is 7.99. The van der Waals surface area contributed by atoms with Crippen molar-refractivity contribution in [2.75, 3.05) is 18.1 Å². The standard InChI is InChI=1S/C10H17Cl2NO2S/c1-4-16-6-7-5-13(9(14)8(11)12)10(2,3)15-7/h7-8H,4-6H2,1-3H3. The first kappa shape index (κ1) is 14.4. The molecular formula is C10H17Cl2NO2S. The predicted octanol–water partition coefficient (Wildman–Crippen LogP) is 2.51. The van der Waals surface area contributed by atoms with Crippen LogP contribution in [0, 0.1) is 0 Å². The predicted molar refractivity (Wildman–Crippen MR) is 69.2 cm³/mol. The zero-order valence-corrected chi connectivity index (χ0v) is 12.0. The monoisotopic (exact) mass is 285 g/mol. The molecule has 0 aromatic carbocycles. The molecule has 1 fully saturated rings. The van der Waals surface area contributed by atoms with Crippen molar-refractivity contribution in [3.8, 4) is 0 Å². The van der Waals surface area contributed by atoms with E-state index in [1.165, 1.54) is 0 Å². The molecule has 1 aliphatic rings. The molecule has 0 aromatic rings. The molecule has 1 unspecified atom stereocenters. The summed E-state index contributed by atoms with van der Waals surface area (Å²) in [4.78, 5) is 12.4. The number of amides is 1. The molecule has 0 radical (unpaired) electrons. The molecule has 1 heterocycles. The Hall–Kier alpha value is 0.360. The second-order valence-electron chi connectivity index (χ2n) is 4.10. The molecule has 3 nitrogen and oxygen atoms in total. The van der Waals surface area contributed by atoms with Crippen LogP contribution >= 0.6 is 35.0 Å². The minimum atomic E-state index is -1.01. The molecule has 6 heteroatoms. The van der Waals surface area contributed by atoms with E-state index in [9.17, 15) is 4.79 Å². The largest absolute Gasteiger partial charge is 0.350 e. The van der Waals surface area contributed by atoms with Crippen molar-refractivity contribution in [1.82, 2.24) is 4.90 Å². The van der Waals surface area contributed by atoms with E-state index in [2.05, 4.69) is 6.92 Å². The van der Waals surface area contributed by atoms with Crippen LogP contribution in [-0.2, 0) is 9.53 Å². The van der Waals surface area contributed by atoms with Gasteiger partial charge in [0.1, 0.15) is 5.72 Å². The molecule has 0 aromatic heterocycles. The first-order chi connectivity index (χ1) is 7.38. The average Bonchev–Trinajstić information content (AvgIpc) is 2.49. The summed E-state index contributed by atoms with van der Waals surface area (Å²) in [5, 5.41) is 0. The van der Waals surface area contributed by atoms with Crippen LogP contribution in [0.3, 0.4) is 0 Å². The second kappa shape index (κ2) is 5.80. The van der Waals surface area contributed by atoms with Gasteiger partial charge in [-0.2, -0.15) is 11.8 Å². The third-order valence-electron chi connectivity index (χ3n) is 2.45. The summed E-state index contributed by atoms with van der Waals surface area (Å²) in [5.74, 6) is 1.65. The normalized spacial score (nSPS) is 24.1. The van der Waals surface area contributed by atoms with E-state index in [1.54, 1.807) is 16.7 Å². The first-order valence-corrected chi connectivity index (χ1v) is 7.26. The molecule has 0 N–H and O–H groups in total. The summed E-state index contributed by atoms with van der Waals surface area (Å²) >= 11 is 13.0. The lowest BCUT2D eigenvalue weighted by Crippen LogP contribution is -2.45. The first-order valence-electron chi connectivity index (χ1n) is 5.23. The highest BCUT2D eigenvalue weighted by Crippen LogP contribution is 2.30. The minimum absolute atomic E-state index is 0.0657. The van der Waals surface area contributed by atoms with Crippen molar-refractivity contribution >= 4 is 40.9 Å².